The molecule has 1 N–H and O–H groups in total. The van der Waals surface area contributed by atoms with Crippen LogP contribution in [-0.2, 0) is 12.7 Å². The molecule has 0 amide bonds. The predicted molar refractivity (Wildman–Crippen MR) is 99.2 cm³/mol. The standard InChI is InChI=1S/C20H19F3N4O/c21-20(22,23)14-4-3-9-25-16(14)12-27-17-6-2-1-5-15(17)26-18(19(27)28)13-7-10-24-11-8-13/h1-6,9,13,24H,7-8,10-12H2. The highest BCUT2D eigenvalue weighted by molar-refractivity contribution is 5.74. The number of piperidine rings is 1. The number of fused-ring (bicyclic) bond motifs is 1. The molecule has 0 bridgehead atoms. The molecule has 146 valence electrons. The Kier molecular flexibility index (Phi) is 4.89. The molecule has 1 fully saturated rings. The fraction of sp³-hybridized carbons (Fsp3) is 0.350. The van der Waals surface area contributed by atoms with Gasteiger partial charge in [0.25, 0.3) is 5.56 Å². The molecule has 1 aliphatic rings. The lowest BCUT2D eigenvalue weighted by atomic mass is 9.94. The molecule has 2 aromatic heterocycles. The Morgan fingerprint density at radius 3 is 2.61 bits per heavy atom. The van der Waals surface area contributed by atoms with Crippen molar-refractivity contribution in [2.45, 2.75) is 31.5 Å². The number of alkyl halides is 3. The molecule has 0 atom stereocenters. The highest BCUT2D eigenvalue weighted by Crippen LogP contribution is 2.31. The molecule has 0 saturated carbocycles. The monoisotopic (exact) mass is 388 g/mol. The second kappa shape index (κ2) is 7.35. The van der Waals surface area contributed by atoms with E-state index in [2.05, 4.69) is 15.3 Å². The Morgan fingerprint density at radius 2 is 1.86 bits per heavy atom. The Bertz CT molecular complexity index is 1060. The summed E-state index contributed by atoms with van der Waals surface area (Å²) in [5.41, 5.74) is 0.175. The number of halogens is 3. The molecular formula is C20H19F3N4O. The van der Waals surface area contributed by atoms with E-state index >= 15 is 0 Å². The van der Waals surface area contributed by atoms with Crippen molar-refractivity contribution in [2.24, 2.45) is 0 Å². The van der Waals surface area contributed by atoms with Crippen LogP contribution in [0.5, 0.6) is 0 Å². The summed E-state index contributed by atoms with van der Waals surface area (Å²) in [5.74, 6) is -0.00424. The molecule has 1 aromatic carbocycles. The zero-order chi connectivity index (χ0) is 19.7. The van der Waals surface area contributed by atoms with Crippen molar-refractivity contribution in [1.82, 2.24) is 19.9 Å². The molecule has 28 heavy (non-hydrogen) atoms. The molecule has 0 radical (unpaired) electrons. The first-order valence-corrected chi connectivity index (χ1v) is 9.16. The molecule has 3 aromatic rings. The fourth-order valence-electron chi connectivity index (χ4n) is 3.70. The first kappa shape index (κ1) is 18.6. The van der Waals surface area contributed by atoms with E-state index in [-0.39, 0.29) is 23.7 Å². The quantitative estimate of drug-likeness (QED) is 0.748. The van der Waals surface area contributed by atoms with E-state index in [9.17, 15) is 18.0 Å². The third-order valence-corrected chi connectivity index (χ3v) is 5.11. The highest BCUT2D eigenvalue weighted by atomic mass is 19.4. The number of hydrogen-bond acceptors (Lipinski definition) is 4. The van der Waals surface area contributed by atoms with Crippen molar-refractivity contribution in [3.63, 3.8) is 0 Å². The smallest absolute Gasteiger partial charge is 0.317 e. The van der Waals surface area contributed by atoms with Gasteiger partial charge in [0.2, 0.25) is 0 Å². The zero-order valence-corrected chi connectivity index (χ0v) is 15.0. The van der Waals surface area contributed by atoms with Gasteiger partial charge in [-0.1, -0.05) is 12.1 Å². The Labute approximate surface area is 159 Å². The predicted octanol–water partition coefficient (Wildman–Crippen LogP) is 3.33. The number of hydrogen-bond donors (Lipinski definition) is 1. The third kappa shape index (κ3) is 3.52. The largest absolute Gasteiger partial charge is 0.418 e. The van der Waals surface area contributed by atoms with Gasteiger partial charge in [0.15, 0.2) is 0 Å². The van der Waals surface area contributed by atoms with Gasteiger partial charge < -0.3 is 5.32 Å². The van der Waals surface area contributed by atoms with Crippen molar-refractivity contribution in [1.29, 1.82) is 0 Å². The van der Waals surface area contributed by atoms with E-state index in [1.54, 1.807) is 24.3 Å². The zero-order valence-electron chi connectivity index (χ0n) is 15.0. The van der Waals surface area contributed by atoms with Gasteiger partial charge in [0.05, 0.1) is 28.8 Å². The molecule has 1 saturated heterocycles. The summed E-state index contributed by atoms with van der Waals surface area (Å²) in [6.07, 6.45) is -1.67. The van der Waals surface area contributed by atoms with Gasteiger partial charge in [-0.15, -0.1) is 0 Å². The summed E-state index contributed by atoms with van der Waals surface area (Å²) >= 11 is 0. The maximum Gasteiger partial charge on any atom is 0.418 e. The maximum atomic E-state index is 13.4. The number of para-hydroxylation sites is 2. The average Bonchev–Trinajstić information content (AvgIpc) is 2.70. The van der Waals surface area contributed by atoms with Crippen molar-refractivity contribution >= 4 is 11.0 Å². The molecule has 4 rings (SSSR count). The summed E-state index contributed by atoms with van der Waals surface area (Å²) in [6, 6.07) is 9.27. The Morgan fingerprint density at radius 1 is 1.11 bits per heavy atom. The van der Waals surface area contributed by atoms with Gasteiger partial charge in [0.1, 0.15) is 5.69 Å². The van der Waals surface area contributed by atoms with E-state index in [0.29, 0.717) is 16.7 Å². The average molecular weight is 388 g/mol. The first-order chi connectivity index (χ1) is 13.4. The van der Waals surface area contributed by atoms with Crippen LogP contribution in [0.25, 0.3) is 11.0 Å². The Balaban J connectivity index is 1.87. The van der Waals surface area contributed by atoms with Crippen molar-refractivity contribution in [3.8, 4) is 0 Å². The van der Waals surface area contributed by atoms with Gasteiger partial charge in [-0.3, -0.25) is 14.3 Å². The van der Waals surface area contributed by atoms with Crippen LogP contribution in [0.3, 0.4) is 0 Å². The van der Waals surface area contributed by atoms with E-state index in [4.69, 9.17) is 0 Å². The Hall–Kier alpha value is -2.74. The molecular weight excluding hydrogens is 369 g/mol. The normalized spacial score (nSPS) is 15.8. The lowest BCUT2D eigenvalue weighted by Gasteiger charge is -2.23. The number of pyridine rings is 1. The van der Waals surface area contributed by atoms with Crippen LogP contribution in [0.2, 0.25) is 0 Å². The second-order valence-corrected chi connectivity index (χ2v) is 6.90. The molecule has 3 heterocycles. The van der Waals surface area contributed by atoms with Crippen LogP contribution < -0.4 is 10.9 Å². The van der Waals surface area contributed by atoms with Gasteiger partial charge in [-0.25, -0.2) is 4.98 Å². The number of benzene rings is 1. The van der Waals surface area contributed by atoms with Gasteiger partial charge in [-0.05, 0) is 50.2 Å². The minimum absolute atomic E-state index is 0.00424. The molecule has 5 nitrogen and oxygen atoms in total. The topological polar surface area (TPSA) is 59.8 Å². The lowest BCUT2D eigenvalue weighted by molar-refractivity contribution is -0.138. The first-order valence-electron chi connectivity index (χ1n) is 9.16. The summed E-state index contributed by atoms with van der Waals surface area (Å²) < 4.78 is 41.5. The van der Waals surface area contributed by atoms with Crippen LogP contribution in [0.4, 0.5) is 13.2 Å². The van der Waals surface area contributed by atoms with E-state index in [1.807, 2.05) is 0 Å². The molecule has 0 spiro atoms. The summed E-state index contributed by atoms with van der Waals surface area (Å²) in [5, 5.41) is 3.25. The van der Waals surface area contributed by atoms with Crippen molar-refractivity contribution < 1.29 is 13.2 Å². The lowest BCUT2D eigenvalue weighted by Crippen LogP contribution is -2.33. The van der Waals surface area contributed by atoms with E-state index < -0.39 is 11.7 Å². The second-order valence-electron chi connectivity index (χ2n) is 6.90. The number of rotatable bonds is 3. The summed E-state index contributed by atoms with van der Waals surface area (Å²) in [7, 11) is 0. The minimum Gasteiger partial charge on any atom is -0.317 e. The van der Waals surface area contributed by atoms with Crippen LogP contribution in [0.1, 0.15) is 35.7 Å². The highest BCUT2D eigenvalue weighted by Gasteiger charge is 2.34. The van der Waals surface area contributed by atoms with Crippen LogP contribution >= 0.6 is 0 Å². The van der Waals surface area contributed by atoms with Gasteiger partial charge in [0, 0.05) is 12.1 Å². The van der Waals surface area contributed by atoms with Gasteiger partial charge in [-0.2, -0.15) is 13.2 Å². The number of nitrogens with one attached hydrogen (secondary N) is 1. The van der Waals surface area contributed by atoms with Crippen LogP contribution in [-0.4, -0.2) is 27.6 Å². The SMILES string of the molecule is O=c1c(C2CCNCC2)nc2ccccc2n1Cc1ncccc1C(F)(F)F. The van der Waals surface area contributed by atoms with E-state index in [0.717, 1.165) is 32.0 Å². The van der Waals surface area contributed by atoms with Crippen molar-refractivity contribution in [2.75, 3.05) is 13.1 Å². The molecule has 0 aliphatic carbocycles. The maximum absolute atomic E-state index is 13.4. The molecule has 0 unspecified atom stereocenters. The molecule has 8 heteroatoms. The number of nitrogens with zero attached hydrogens (tertiary/aromatic N) is 3. The van der Waals surface area contributed by atoms with Gasteiger partial charge >= 0.3 is 6.18 Å². The van der Waals surface area contributed by atoms with Crippen LogP contribution in [0, 0.1) is 0 Å². The summed E-state index contributed by atoms with van der Waals surface area (Å²) in [4.78, 5) is 21.7. The fourth-order valence-corrected chi connectivity index (χ4v) is 3.70. The van der Waals surface area contributed by atoms with Crippen LogP contribution in [0.15, 0.2) is 47.4 Å². The number of aromatic nitrogens is 3. The third-order valence-electron chi connectivity index (χ3n) is 5.11. The summed E-state index contributed by atoms with van der Waals surface area (Å²) in [6.45, 7) is 1.32. The van der Waals surface area contributed by atoms with Crippen molar-refractivity contribution in [3.05, 3.63) is 69.9 Å². The van der Waals surface area contributed by atoms with E-state index in [1.165, 1.54) is 16.8 Å². The molecule has 1 aliphatic heterocycles. The minimum atomic E-state index is -4.53.